The van der Waals surface area contributed by atoms with Crippen LogP contribution in [0.25, 0.3) is 0 Å². The number of amides is 1. The van der Waals surface area contributed by atoms with Gasteiger partial charge in [-0.1, -0.05) is 26.2 Å². The van der Waals surface area contributed by atoms with E-state index in [0.717, 1.165) is 25.3 Å². The molecule has 1 aliphatic rings. The van der Waals surface area contributed by atoms with Crippen molar-refractivity contribution in [3.05, 3.63) is 0 Å². The molecule has 0 aromatic rings. The minimum atomic E-state index is 0.174. The number of rotatable bonds is 8. The largest absolute Gasteiger partial charge is 0.396 e. The Labute approximate surface area is 118 Å². The molecule has 1 aliphatic carbocycles. The number of aliphatic hydroxyl groups is 1. The second kappa shape index (κ2) is 9.35. The Morgan fingerprint density at radius 1 is 1.16 bits per heavy atom. The van der Waals surface area contributed by atoms with Crippen LogP contribution in [0.4, 0.5) is 0 Å². The van der Waals surface area contributed by atoms with Crippen LogP contribution < -0.4 is 0 Å². The van der Waals surface area contributed by atoms with Gasteiger partial charge < -0.3 is 10.0 Å². The van der Waals surface area contributed by atoms with Gasteiger partial charge in [-0.05, 0) is 44.9 Å². The van der Waals surface area contributed by atoms with Crippen LogP contribution in [0.3, 0.4) is 0 Å². The van der Waals surface area contributed by atoms with E-state index in [4.69, 9.17) is 5.11 Å². The highest BCUT2D eigenvalue weighted by Crippen LogP contribution is 2.32. The molecule has 0 unspecified atom stereocenters. The maximum Gasteiger partial charge on any atom is 0.225 e. The van der Waals surface area contributed by atoms with Gasteiger partial charge in [-0.15, -0.1) is 0 Å². The first kappa shape index (κ1) is 16.5. The lowest BCUT2D eigenvalue weighted by molar-refractivity contribution is -0.136. The number of hydrogen-bond donors (Lipinski definition) is 1. The zero-order valence-corrected chi connectivity index (χ0v) is 12.7. The van der Waals surface area contributed by atoms with E-state index in [0.29, 0.717) is 18.9 Å². The summed E-state index contributed by atoms with van der Waals surface area (Å²) >= 11 is 0. The van der Waals surface area contributed by atoms with Crippen LogP contribution >= 0.6 is 0 Å². The maximum atomic E-state index is 12.4. The van der Waals surface area contributed by atoms with Crippen molar-refractivity contribution in [3.8, 4) is 0 Å². The topological polar surface area (TPSA) is 40.5 Å². The highest BCUT2D eigenvalue weighted by molar-refractivity contribution is 5.78. The van der Waals surface area contributed by atoms with Crippen LogP contribution in [-0.4, -0.2) is 35.6 Å². The summed E-state index contributed by atoms with van der Waals surface area (Å²) < 4.78 is 0. The Bertz CT molecular complexity index is 247. The van der Waals surface area contributed by atoms with E-state index >= 15 is 0 Å². The minimum absolute atomic E-state index is 0.174. The van der Waals surface area contributed by atoms with Gasteiger partial charge in [0.1, 0.15) is 0 Å². The van der Waals surface area contributed by atoms with Crippen molar-refractivity contribution in [3.63, 3.8) is 0 Å². The molecule has 0 heterocycles. The van der Waals surface area contributed by atoms with E-state index in [9.17, 15) is 4.79 Å². The first-order valence-electron chi connectivity index (χ1n) is 8.12. The van der Waals surface area contributed by atoms with Gasteiger partial charge in [-0.25, -0.2) is 0 Å². The van der Waals surface area contributed by atoms with Crippen molar-refractivity contribution in [2.75, 3.05) is 19.7 Å². The quantitative estimate of drug-likeness (QED) is 0.735. The zero-order valence-electron chi connectivity index (χ0n) is 12.7. The highest BCUT2D eigenvalue weighted by Gasteiger charge is 2.28. The molecule has 0 aliphatic heterocycles. The first-order chi connectivity index (χ1) is 9.22. The first-order valence-corrected chi connectivity index (χ1v) is 8.12. The molecule has 0 spiro atoms. The van der Waals surface area contributed by atoms with Crippen molar-refractivity contribution in [2.45, 2.75) is 65.2 Å². The molecule has 3 heteroatoms. The van der Waals surface area contributed by atoms with Crippen molar-refractivity contribution < 1.29 is 9.90 Å². The zero-order chi connectivity index (χ0) is 14.1. The van der Waals surface area contributed by atoms with Gasteiger partial charge >= 0.3 is 0 Å². The predicted octanol–water partition coefficient (Wildman–Crippen LogP) is 3.21. The van der Waals surface area contributed by atoms with E-state index in [1.165, 1.54) is 32.1 Å². The molecule has 3 nitrogen and oxygen atoms in total. The SMILES string of the molecule is CCCCC1CCC(C(=O)N(CC)CCCO)CC1. The maximum absolute atomic E-state index is 12.4. The van der Waals surface area contributed by atoms with E-state index in [2.05, 4.69) is 6.92 Å². The highest BCUT2D eigenvalue weighted by atomic mass is 16.3. The number of nitrogens with zero attached hydrogens (tertiary/aromatic N) is 1. The molecular weight excluding hydrogens is 238 g/mol. The molecule has 0 saturated heterocycles. The van der Waals surface area contributed by atoms with Crippen LogP contribution in [0.15, 0.2) is 0 Å². The second-order valence-corrected chi connectivity index (χ2v) is 5.85. The molecule has 0 bridgehead atoms. The van der Waals surface area contributed by atoms with Gasteiger partial charge in [0, 0.05) is 25.6 Å². The summed E-state index contributed by atoms with van der Waals surface area (Å²) in [5.41, 5.74) is 0. The summed E-state index contributed by atoms with van der Waals surface area (Å²) in [4.78, 5) is 14.3. The van der Waals surface area contributed by atoms with Gasteiger partial charge in [0.2, 0.25) is 5.91 Å². The Balaban J connectivity index is 2.34. The van der Waals surface area contributed by atoms with E-state index < -0.39 is 0 Å². The Morgan fingerprint density at radius 2 is 1.84 bits per heavy atom. The fourth-order valence-electron chi connectivity index (χ4n) is 3.13. The lowest BCUT2D eigenvalue weighted by atomic mass is 9.79. The van der Waals surface area contributed by atoms with Crippen LogP contribution in [0.5, 0.6) is 0 Å². The normalized spacial score (nSPS) is 23.3. The molecule has 112 valence electrons. The summed E-state index contributed by atoms with van der Waals surface area (Å²) in [5, 5.41) is 8.88. The smallest absolute Gasteiger partial charge is 0.225 e. The van der Waals surface area contributed by atoms with Crippen LogP contribution in [0.1, 0.15) is 65.2 Å². The molecule has 1 N–H and O–H groups in total. The summed E-state index contributed by atoms with van der Waals surface area (Å²) in [6.45, 7) is 5.93. The van der Waals surface area contributed by atoms with Crippen molar-refractivity contribution in [2.24, 2.45) is 11.8 Å². The van der Waals surface area contributed by atoms with Crippen LogP contribution in [-0.2, 0) is 4.79 Å². The number of carbonyl (C=O) groups is 1. The Kier molecular flexibility index (Phi) is 8.11. The summed E-state index contributed by atoms with van der Waals surface area (Å²) in [6.07, 6.45) is 9.27. The molecular formula is C16H31NO2. The van der Waals surface area contributed by atoms with Crippen LogP contribution in [0.2, 0.25) is 0 Å². The third-order valence-electron chi connectivity index (χ3n) is 4.44. The van der Waals surface area contributed by atoms with Crippen LogP contribution in [0, 0.1) is 11.8 Å². The molecule has 19 heavy (non-hydrogen) atoms. The third-order valence-corrected chi connectivity index (χ3v) is 4.44. The number of unbranched alkanes of at least 4 members (excludes halogenated alkanes) is 1. The van der Waals surface area contributed by atoms with Crippen molar-refractivity contribution in [1.82, 2.24) is 4.90 Å². The van der Waals surface area contributed by atoms with Gasteiger partial charge in [0.15, 0.2) is 0 Å². The molecule has 1 fully saturated rings. The van der Waals surface area contributed by atoms with Crippen molar-refractivity contribution in [1.29, 1.82) is 0 Å². The monoisotopic (exact) mass is 269 g/mol. The average Bonchev–Trinajstić information content (AvgIpc) is 2.46. The average molecular weight is 269 g/mol. The molecule has 1 saturated carbocycles. The fourth-order valence-corrected chi connectivity index (χ4v) is 3.13. The lowest BCUT2D eigenvalue weighted by Crippen LogP contribution is -2.38. The Morgan fingerprint density at radius 3 is 2.37 bits per heavy atom. The number of hydrogen-bond acceptors (Lipinski definition) is 2. The van der Waals surface area contributed by atoms with Crippen molar-refractivity contribution >= 4 is 5.91 Å². The summed E-state index contributed by atoms with van der Waals surface area (Å²) in [5.74, 6) is 1.43. The molecule has 0 aromatic carbocycles. The predicted molar refractivity (Wildman–Crippen MR) is 78.9 cm³/mol. The van der Waals surface area contributed by atoms with Gasteiger partial charge in [-0.3, -0.25) is 4.79 Å². The minimum Gasteiger partial charge on any atom is -0.396 e. The molecule has 1 amide bonds. The van der Waals surface area contributed by atoms with E-state index in [1.54, 1.807) is 0 Å². The van der Waals surface area contributed by atoms with E-state index in [1.807, 2.05) is 11.8 Å². The van der Waals surface area contributed by atoms with E-state index in [-0.39, 0.29) is 12.5 Å². The molecule has 0 aromatic heterocycles. The standard InChI is InChI=1S/C16H31NO2/c1-3-5-7-14-8-10-15(11-9-14)16(19)17(4-2)12-6-13-18/h14-15,18H,3-13H2,1-2H3. The van der Waals surface area contributed by atoms with Gasteiger partial charge in [-0.2, -0.15) is 0 Å². The second-order valence-electron chi connectivity index (χ2n) is 5.85. The molecule has 0 atom stereocenters. The molecule has 0 radical (unpaired) electrons. The van der Waals surface area contributed by atoms with Gasteiger partial charge in [0.05, 0.1) is 0 Å². The fraction of sp³-hybridized carbons (Fsp3) is 0.938. The number of aliphatic hydroxyl groups excluding tert-OH is 1. The lowest BCUT2D eigenvalue weighted by Gasteiger charge is -2.31. The summed E-state index contributed by atoms with van der Waals surface area (Å²) in [7, 11) is 0. The summed E-state index contributed by atoms with van der Waals surface area (Å²) in [6, 6.07) is 0. The Hall–Kier alpha value is -0.570. The molecule has 1 rings (SSSR count). The third kappa shape index (κ3) is 5.52. The number of carbonyl (C=O) groups excluding carboxylic acids is 1. The van der Waals surface area contributed by atoms with Gasteiger partial charge in [0.25, 0.3) is 0 Å².